The number of benzene rings is 1. The van der Waals surface area contributed by atoms with Crippen LogP contribution < -0.4 is 5.48 Å². The number of hydrogen-bond donors (Lipinski definition) is 1. The van der Waals surface area contributed by atoms with E-state index in [9.17, 15) is 0 Å². The van der Waals surface area contributed by atoms with Crippen molar-refractivity contribution in [2.45, 2.75) is 69.7 Å². The van der Waals surface area contributed by atoms with E-state index in [1.165, 1.54) is 12.0 Å². The van der Waals surface area contributed by atoms with Crippen LogP contribution in [0.2, 0.25) is 0 Å². The monoisotopic (exact) mass is 390 g/mol. The topological polar surface area (TPSA) is 52.2 Å². The van der Waals surface area contributed by atoms with Crippen LogP contribution in [0.1, 0.15) is 56.6 Å². The second-order valence-corrected chi connectivity index (χ2v) is 8.10. The van der Waals surface area contributed by atoms with E-state index in [1.807, 2.05) is 0 Å². The van der Waals surface area contributed by atoms with Crippen molar-refractivity contribution in [2.24, 2.45) is 0 Å². The molecule has 0 saturated carbocycles. The van der Waals surface area contributed by atoms with Gasteiger partial charge in [-0.25, -0.2) is 0 Å². The lowest BCUT2D eigenvalue weighted by atomic mass is 10.1. The molecular formula is C22H34N2O4. The molecule has 0 aromatic heterocycles. The fourth-order valence-electron chi connectivity index (χ4n) is 4.22. The molecule has 3 heterocycles. The molecule has 0 spiro atoms. The van der Waals surface area contributed by atoms with Crippen LogP contribution in [0.4, 0.5) is 0 Å². The molecule has 0 amide bonds. The van der Waals surface area contributed by atoms with Gasteiger partial charge in [-0.05, 0) is 44.1 Å². The fourth-order valence-corrected chi connectivity index (χ4v) is 4.22. The van der Waals surface area contributed by atoms with Gasteiger partial charge in [0.2, 0.25) is 0 Å². The molecule has 6 heteroatoms. The molecule has 28 heavy (non-hydrogen) atoms. The summed E-state index contributed by atoms with van der Waals surface area (Å²) in [5.74, 6) is 0. The molecule has 1 aromatic rings. The first-order chi connectivity index (χ1) is 13.9. The molecule has 6 nitrogen and oxygen atoms in total. The summed E-state index contributed by atoms with van der Waals surface area (Å²) >= 11 is 0. The summed E-state index contributed by atoms with van der Waals surface area (Å²) in [4.78, 5) is 8.37. The number of hydroxylamine groups is 1. The Bertz CT molecular complexity index is 561. The Morgan fingerprint density at radius 3 is 2.43 bits per heavy atom. The Labute approximate surface area is 168 Å². The van der Waals surface area contributed by atoms with Gasteiger partial charge in [0.25, 0.3) is 0 Å². The van der Waals surface area contributed by atoms with Gasteiger partial charge in [-0.2, -0.15) is 5.48 Å². The van der Waals surface area contributed by atoms with Crippen LogP contribution in [-0.2, 0) is 19.0 Å². The maximum absolute atomic E-state index is 6.19. The highest BCUT2D eigenvalue weighted by atomic mass is 16.8. The molecule has 3 fully saturated rings. The number of likely N-dealkylation sites (tertiary alicyclic amines) is 1. The summed E-state index contributed by atoms with van der Waals surface area (Å²) in [5.41, 5.74) is 4.53. The lowest BCUT2D eigenvalue weighted by Gasteiger charge is -2.29. The number of ether oxygens (including phenoxy) is 3. The molecule has 3 aliphatic rings. The van der Waals surface area contributed by atoms with E-state index in [0.717, 1.165) is 71.4 Å². The fraction of sp³-hybridized carbons (Fsp3) is 0.727. The van der Waals surface area contributed by atoms with Crippen LogP contribution in [0, 0.1) is 0 Å². The minimum Gasteiger partial charge on any atom is -0.353 e. The predicted octanol–water partition coefficient (Wildman–Crippen LogP) is 3.39. The summed E-state index contributed by atoms with van der Waals surface area (Å²) in [6.07, 6.45) is 7.82. The maximum Gasteiger partial charge on any atom is 0.177 e. The standard InChI is InChI=1S/C22H34N2O4/c1-2-8-18(9-3-1)20(23-28-22-11-5-7-15-26-22)17-24-13-12-19(16-24)27-21-10-4-6-14-25-21/h1-3,8-9,19-23H,4-7,10-17H2/t19-,20+,21?,22?/m0/s1. The van der Waals surface area contributed by atoms with Crippen molar-refractivity contribution >= 4 is 0 Å². The molecule has 4 rings (SSSR count). The number of rotatable bonds is 8. The molecule has 3 saturated heterocycles. The first-order valence-electron chi connectivity index (χ1n) is 10.9. The van der Waals surface area contributed by atoms with Crippen LogP contribution in [0.3, 0.4) is 0 Å². The summed E-state index contributed by atoms with van der Waals surface area (Å²) in [7, 11) is 0. The molecule has 1 aromatic carbocycles. The lowest BCUT2D eigenvalue weighted by Crippen LogP contribution is -2.38. The van der Waals surface area contributed by atoms with Gasteiger partial charge >= 0.3 is 0 Å². The van der Waals surface area contributed by atoms with Gasteiger partial charge in [-0.1, -0.05) is 30.3 Å². The van der Waals surface area contributed by atoms with Crippen molar-refractivity contribution in [2.75, 3.05) is 32.8 Å². The van der Waals surface area contributed by atoms with E-state index in [0.29, 0.717) is 0 Å². The van der Waals surface area contributed by atoms with Gasteiger partial charge in [-0.3, -0.25) is 9.74 Å². The van der Waals surface area contributed by atoms with E-state index in [2.05, 4.69) is 40.7 Å². The minimum absolute atomic E-state index is 0.00599. The Morgan fingerprint density at radius 1 is 0.964 bits per heavy atom. The molecule has 0 radical (unpaired) electrons. The van der Waals surface area contributed by atoms with E-state index >= 15 is 0 Å². The van der Waals surface area contributed by atoms with Crippen LogP contribution >= 0.6 is 0 Å². The zero-order valence-corrected chi connectivity index (χ0v) is 16.8. The van der Waals surface area contributed by atoms with Crippen molar-refractivity contribution in [1.29, 1.82) is 0 Å². The van der Waals surface area contributed by atoms with Crippen molar-refractivity contribution in [3.8, 4) is 0 Å². The second-order valence-electron chi connectivity index (χ2n) is 8.10. The second kappa shape index (κ2) is 10.7. The van der Waals surface area contributed by atoms with Gasteiger partial charge in [0.1, 0.15) is 0 Å². The SMILES string of the molecule is c1ccc([C@@H](CN2CC[C@H](OC3CCCCO3)C2)NOC2CCCCO2)cc1. The predicted molar refractivity (Wildman–Crippen MR) is 107 cm³/mol. The molecule has 0 aliphatic carbocycles. The highest BCUT2D eigenvalue weighted by molar-refractivity contribution is 5.19. The third-order valence-corrected chi connectivity index (χ3v) is 5.83. The van der Waals surface area contributed by atoms with E-state index in [4.69, 9.17) is 19.0 Å². The molecule has 2 unspecified atom stereocenters. The van der Waals surface area contributed by atoms with Gasteiger partial charge < -0.3 is 14.2 Å². The quantitative estimate of drug-likeness (QED) is 0.687. The molecule has 1 N–H and O–H groups in total. The molecule has 4 atom stereocenters. The summed E-state index contributed by atoms with van der Waals surface area (Å²) in [5, 5.41) is 0. The number of hydrogen-bond acceptors (Lipinski definition) is 6. The van der Waals surface area contributed by atoms with E-state index < -0.39 is 0 Å². The first-order valence-corrected chi connectivity index (χ1v) is 10.9. The average molecular weight is 391 g/mol. The summed E-state index contributed by atoms with van der Waals surface area (Å²) in [6, 6.07) is 10.6. The molecule has 156 valence electrons. The smallest absolute Gasteiger partial charge is 0.177 e. The minimum atomic E-state index is -0.141. The van der Waals surface area contributed by atoms with Gasteiger partial charge in [0, 0.05) is 39.3 Å². The highest BCUT2D eigenvalue weighted by Gasteiger charge is 2.29. The largest absolute Gasteiger partial charge is 0.353 e. The van der Waals surface area contributed by atoms with Crippen molar-refractivity contribution in [3.05, 3.63) is 35.9 Å². The molecule has 3 aliphatic heterocycles. The lowest BCUT2D eigenvalue weighted by molar-refractivity contribution is -0.205. The van der Waals surface area contributed by atoms with E-state index in [1.54, 1.807) is 0 Å². The van der Waals surface area contributed by atoms with Gasteiger partial charge in [0.15, 0.2) is 12.6 Å². The number of nitrogens with one attached hydrogen (secondary N) is 1. The Hall–Kier alpha value is -1.02. The normalized spacial score (nSPS) is 30.4. The van der Waals surface area contributed by atoms with Crippen LogP contribution in [0.15, 0.2) is 30.3 Å². The average Bonchev–Trinajstić information content (AvgIpc) is 3.20. The molecule has 0 bridgehead atoms. The van der Waals surface area contributed by atoms with Gasteiger partial charge in [0.05, 0.1) is 12.1 Å². The zero-order chi connectivity index (χ0) is 19.0. The Kier molecular flexibility index (Phi) is 7.72. The summed E-state index contributed by atoms with van der Waals surface area (Å²) < 4.78 is 17.6. The summed E-state index contributed by atoms with van der Waals surface area (Å²) in [6.45, 7) is 4.51. The van der Waals surface area contributed by atoms with Crippen LogP contribution in [0.5, 0.6) is 0 Å². The Balaban J connectivity index is 1.29. The third-order valence-electron chi connectivity index (χ3n) is 5.83. The van der Waals surface area contributed by atoms with Gasteiger partial charge in [-0.15, -0.1) is 0 Å². The molecular weight excluding hydrogens is 356 g/mol. The number of nitrogens with zero attached hydrogens (tertiary/aromatic N) is 1. The first kappa shape index (κ1) is 20.3. The van der Waals surface area contributed by atoms with Crippen molar-refractivity contribution < 1.29 is 19.0 Å². The zero-order valence-electron chi connectivity index (χ0n) is 16.8. The van der Waals surface area contributed by atoms with Crippen LogP contribution in [-0.4, -0.2) is 56.4 Å². The van der Waals surface area contributed by atoms with E-state index in [-0.39, 0.29) is 24.7 Å². The highest BCUT2D eigenvalue weighted by Crippen LogP contribution is 2.23. The van der Waals surface area contributed by atoms with Crippen molar-refractivity contribution in [3.63, 3.8) is 0 Å². The third kappa shape index (κ3) is 5.99. The van der Waals surface area contributed by atoms with Crippen molar-refractivity contribution in [1.82, 2.24) is 10.4 Å². The maximum atomic E-state index is 6.19. The Morgan fingerprint density at radius 2 is 1.71 bits per heavy atom. The van der Waals surface area contributed by atoms with Crippen LogP contribution in [0.25, 0.3) is 0 Å².